The van der Waals surface area contributed by atoms with Crippen molar-refractivity contribution >= 4 is 39.7 Å². The van der Waals surface area contributed by atoms with Gasteiger partial charge in [0.1, 0.15) is 6.33 Å². The Morgan fingerprint density at radius 2 is 1.59 bits per heavy atom. The van der Waals surface area contributed by atoms with Crippen molar-refractivity contribution in [3.63, 3.8) is 0 Å². The lowest BCUT2D eigenvalue weighted by Gasteiger charge is -2.15. The molecule has 0 spiro atoms. The molecule has 0 saturated carbocycles. The van der Waals surface area contributed by atoms with Gasteiger partial charge in [-0.2, -0.15) is 13.2 Å². The maximum Gasteiger partial charge on any atom is 0.418 e. The molecule has 1 aromatic heterocycles. The van der Waals surface area contributed by atoms with Gasteiger partial charge in [0.2, 0.25) is 11.6 Å². The average molecular weight is 468 g/mol. The molecule has 0 bridgehead atoms. The SMILES string of the molecule is O=C(NNc1ncnc(Nc2ccccc2C(F)(F)F)c1[N+](=O)[O-])c1cccc2ccccc12. The molecule has 9 nitrogen and oxygen atoms in total. The van der Waals surface area contributed by atoms with Crippen molar-refractivity contribution in [1.82, 2.24) is 15.4 Å². The minimum Gasteiger partial charge on any atom is -0.334 e. The van der Waals surface area contributed by atoms with Gasteiger partial charge >= 0.3 is 11.9 Å². The monoisotopic (exact) mass is 468 g/mol. The minimum atomic E-state index is -4.70. The van der Waals surface area contributed by atoms with Crippen molar-refractivity contribution in [2.24, 2.45) is 0 Å². The van der Waals surface area contributed by atoms with Gasteiger partial charge in [-0.05, 0) is 29.0 Å². The van der Waals surface area contributed by atoms with Crippen molar-refractivity contribution < 1.29 is 22.9 Å². The third-order valence-corrected chi connectivity index (χ3v) is 4.82. The number of hydrogen-bond acceptors (Lipinski definition) is 7. The molecule has 0 fully saturated rings. The smallest absolute Gasteiger partial charge is 0.334 e. The first-order valence-corrected chi connectivity index (χ1v) is 9.72. The number of nitro groups is 1. The van der Waals surface area contributed by atoms with Crippen LogP contribution in [0.25, 0.3) is 10.8 Å². The highest BCUT2D eigenvalue weighted by atomic mass is 19.4. The fourth-order valence-electron chi connectivity index (χ4n) is 3.31. The molecule has 0 atom stereocenters. The zero-order valence-electron chi connectivity index (χ0n) is 17.1. The van der Waals surface area contributed by atoms with Gasteiger partial charge in [-0.3, -0.25) is 25.8 Å². The van der Waals surface area contributed by atoms with E-state index in [4.69, 9.17) is 0 Å². The van der Waals surface area contributed by atoms with E-state index in [1.807, 2.05) is 18.2 Å². The van der Waals surface area contributed by atoms with Gasteiger partial charge in [0.05, 0.1) is 16.2 Å². The minimum absolute atomic E-state index is 0.305. The van der Waals surface area contributed by atoms with Crippen LogP contribution in [0.2, 0.25) is 0 Å². The van der Waals surface area contributed by atoms with Gasteiger partial charge in [0.15, 0.2) is 0 Å². The van der Waals surface area contributed by atoms with Crippen LogP contribution in [0.3, 0.4) is 0 Å². The second-order valence-electron chi connectivity index (χ2n) is 6.95. The predicted octanol–water partition coefficient (Wildman–Crippen LogP) is 5.06. The molecule has 1 heterocycles. The molecule has 0 aliphatic rings. The number of alkyl halides is 3. The van der Waals surface area contributed by atoms with Crippen LogP contribution < -0.4 is 16.2 Å². The number of para-hydroxylation sites is 1. The van der Waals surface area contributed by atoms with Gasteiger partial charge in [0.25, 0.3) is 5.91 Å². The van der Waals surface area contributed by atoms with Crippen LogP contribution in [-0.4, -0.2) is 20.8 Å². The summed E-state index contributed by atoms with van der Waals surface area (Å²) >= 11 is 0. The molecular weight excluding hydrogens is 453 g/mol. The number of anilines is 3. The van der Waals surface area contributed by atoms with Crippen LogP contribution >= 0.6 is 0 Å². The number of carbonyl (C=O) groups is 1. The number of amides is 1. The molecule has 34 heavy (non-hydrogen) atoms. The molecule has 0 aliphatic heterocycles. The molecule has 4 rings (SSSR count). The third-order valence-electron chi connectivity index (χ3n) is 4.82. The summed E-state index contributed by atoms with van der Waals surface area (Å²) in [7, 11) is 0. The van der Waals surface area contributed by atoms with E-state index in [1.54, 1.807) is 24.3 Å². The third kappa shape index (κ3) is 4.55. The molecule has 3 N–H and O–H groups in total. The van der Waals surface area contributed by atoms with Crippen molar-refractivity contribution in [1.29, 1.82) is 0 Å². The van der Waals surface area contributed by atoms with Gasteiger partial charge in [-0.1, -0.05) is 48.5 Å². The average Bonchev–Trinajstić information content (AvgIpc) is 2.81. The second kappa shape index (κ2) is 9.02. The second-order valence-corrected chi connectivity index (χ2v) is 6.95. The van der Waals surface area contributed by atoms with Crippen LogP contribution in [0.5, 0.6) is 0 Å². The van der Waals surface area contributed by atoms with Crippen LogP contribution in [-0.2, 0) is 6.18 Å². The molecule has 0 saturated heterocycles. The quantitative estimate of drug-likeness (QED) is 0.267. The van der Waals surface area contributed by atoms with E-state index in [1.165, 1.54) is 12.1 Å². The van der Waals surface area contributed by atoms with Crippen molar-refractivity contribution in [3.05, 3.63) is 94.3 Å². The Balaban J connectivity index is 1.62. The summed E-state index contributed by atoms with van der Waals surface area (Å²) in [4.78, 5) is 31.0. The summed E-state index contributed by atoms with van der Waals surface area (Å²) in [6.07, 6.45) is -3.78. The number of rotatable bonds is 6. The van der Waals surface area contributed by atoms with Gasteiger partial charge in [-0.25, -0.2) is 9.97 Å². The number of carbonyl (C=O) groups excluding carboxylic acids is 1. The molecular formula is C22H15F3N6O3. The number of benzene rings is 3. The Morgan fingerprint density at radius 3 is 2.35 bits per heavy atom. The van der Waals surface area contributed by atoms with E-state index in [9.17, 15) is 28.1 Å². The normalized spacial score (nSPS) is 11.1. The molecule has 172 valence electrons. The molecule has 12 heteroatoms. The maximum absolute atomic E-state index is 13.3. The summed E-state index contributed by atoms with van der Waals surface area (Å²) in [6, 6.07) is 16.7. The number of nitrogens with zero attached hydrogens (tertiary/aromatic N) is 3. The predicted molar refractivity (Wildman–Crippen MR) is 118 cm³/mol. The number of fused-ring (bicyclic) bond motifs is 1. The Hall–Kier alpha value is -4.74. The van der Waals surface area contributed by atoms with Crippen LogP contribution in [0.4, 0.5) is 36.2 Å². The van der Waals surface area contributed by atoms with E-state index in [-0.39, 0.29) is 0 Å². The van der Waals surface area contributed by atoms with Gasteiger partial charge in [-0.15, -0.1) is 0 Å². The largest absolute Gasteiger partial charge is 0.418 e. The lowest BCUT2D eigenvalue weighted by molar-refractivity contribution is -0.383. The van der Waals surface area contributed by atoms with Crippen molar-refractivity contribution in [3.8, 4) is 0 Å². The summed E-state index contributed by atoms with van der Waals surface area (Å²) in [6.45, 7) is 0. The lowest BCUT2D eigenvalue weighted by Crippen LogP contribution is -2.30. The summed E-state index contributed by atoms with van der Waals surface area (Å²) in [5.74, 6) is -1.50. The first kappa shape index (κ1) is 22.5. The summed E-state index contributed by atoms with van der Waals surface area (Å²) in [5, 5.41) is 15.5. The summed E-state index contributed by atoms with van der Waals surface area (Å²) < 4.78 is 39.9. The number of hydrazine groups is 1. The van der Waals surface area contributed by atoms with Gasteiger partial charge in [0, 0.05) is 5.56 Å². The molecule has 1 amide bonds. The zero-order chi connectivity index (χ0) is 24.3. The van der Waals surface area contributed by atoms with Crippen LogP contribution in [0.15, 0.2) is 73.1 Å². The molecule has 3 aromatic carbocycles. The number of aromatic nitrogens is 2. The maximum atomic E-state index is 13.3. The molecule has 0 unspecified atom stereocenters. The van der Waals surface area contributed by atoms with E-state index in [0.29, 0.717) is 10.9 Å². The number of nitrogens with one attached hydrogen (secondary N) is 3. The van der Waals surface area contributed by atoms with E-state index in [0.717, 1.165) is 23.8 Å². The fraction of sp³-hybridized carbons (Fsp3) is 0.0455. The van der Waals surface area contributed by atoms with Gasteiger partial charge < -0.3 is 5.32 Å². The topological polar surface area (TPSA) is 122 Å². The van der Waals surface area contributed by atoms with Crippen molar-refractivity contribution in [2.75, 3.05) is 10.7 Å². The fourth-order valence-corrected chi connectivity index (χ4v) is 3.31. The standard InChI is InChI=1S/C22H15F3N6O3/c23-22(24,25)16-10-3-4-11-17(16)28-19-18(31(33)34)20(27-12-26-19)29-30-21(32)15-9-5-7-13-6-1-2-8-14(13)15/h1-12H,(H,30,32)(H2,26,27,28,29). The first-order valence-electron chi connectivity index (χ1n) is 9.72. The number of halogens is 3. The summed E-state index contributed by atoms with van der Waals surface area (Å²) in [5.41, 5.74) is 2.81. The Morgan fingerprint density at radius 1 is 0.912 bits per heavy atom. The van der Waals surface area contributed by atoms with Crippen LogP contribution in [0, 0.1) is 10.1 Å². The van der Waals surface area contributed by atoms with E-state index < -0.39 is 45.6 Å². The highest BCUT2D eigenvalue weighted by Crippen LogP contribution is 2.38. The first-order chi connectivity index (χ1) is 16.3. The van der Waals surface area contributed by atoms with Crippen molar-refractivity contribution in [2.45, 2.75) is 6.18 Å². The highest BCUT2D eigenvalue weighted by molar-refractivity contribution is 6.07. The zero-order valence-corrected chi connectivity index (χ0v) is 17.1. The Labute approximate surface area is 189 Å². The highest BCUT2D eigenvalue weighted by Gasteiger charge is 2.34. The van der Waals surface area contributed by atoms with E-state index in [2.05, 4.69) is 26.1 Å². The number of hydrogen-bond donors (Lipinski definition) is 3. The molecule has 0 radical (unpaired) electrons. The lowest BCUT2D eigenvalue weighted by atomic mass is 10.0. The Kier molecular flexibility index (Phi) is 5.95. The Bertz CT molecular complexity index is 1390. The van der Waals surface area contributed by atoms with Crippen LogP contribution in [0.1, 0.15) is 15.9 Å². The van der Waals surface area contributed by atoms with E-state index >= 15 is 0 Å². The molecule has 4 aromatic rings. The molecule has 0 aliphatic carbocycles.